The van der Waals surface area contributed by atoms with Gasteiger partial charge in [-0.05, 0) is 25.2 Å². The van der Waals surface area contributed by atoms with Crippen molar-refractivity contribution in [2.24, 2.45) is 5.92 Å². The zero-order chi connectivity index (χ0) is 6.97. The summed E-state index contributed by atoms with van der Waals surface area (Å²) in [6, 6.07) is 0.739. The van der Waals surface area contributed by atoms with Gasteiger partial charge in [-0.25, -0.2) is 0 Å². The van der Waals surface area contributed by atoms with Gasteiger partial charge in [0.15, 0.2) is 0 Å². The number of hydrogen-bond acceptors (Lipinski definition) is 2. The summed E-state index contributed by atoms with van der Waals surface area (Å²) in [6.07, 6.45) is 4.98. The highest BCUT2D eigenvalue weighted by atomic mass is 16.3. The Bertz CT molecular complexity index is 126. The van der Waals surface area contributed by atoms with Crippen molar-refractivity contribution in [1.29, 1.82) is 0 Å². The zero-order valence-corrected chi connectivity index (χ0v) is 6.21. The molecule has 0 aromatic rings. The molecular formula is C8H15NO. The maximum Gasteiger partial charge on any atom is 0.0667 e. The van der Waals surface area contributed by atoms with Gasteiger partial charge in [-0.3, -0.25) is 0 Å². The molecule has 0 amide bonds. The highest BCUT2D eigenvalue weighted by molar-refractivity contribution is 4.89. The van der Waals surface area contributed by atoms with Crippen LogP contribution in [0, 0.1) is 5.92 Å². The van der Waals surface area contributed by atoms with Crippen LogP contribution < -0.4 is 5.32 Å². The minimum Gasteiger partial charge on any atom is -0.392 e. The van der Waals surface area contributed by atoms with E-state index in [1.54, 1.807) is 0 Å². The third kappa shape index (κ3) is 1.06. The molecule has 1 heterocycles. The predicted octanol–water partition coefficient (Wildman–Crippen LogP) is 0.509. The Morgan fingerprint density at radius 1 is 1.30 bits per heavy atom. The lowest BCUT2D eigenvalue weighted by atomic mass is 9.92. The average Bonchev–Trinajstić information content (AvgIpc) is 2.33. The molecular weight excluding hydrogens is 126 g/mol. The summed E-state index contributed by atoms with van der Waals surface area (Å²) in [5, 5.41) is 12.7. The largest absolute Gasteiger partial charge is 0.392 e. The minimum absolute atomic E-state index is 0.0700. The molecule has 58 valence electrons. The van der Waals surface area contributed by atoms with Gasteiger partial charge in [-0.2, -0.15) is 0 Å². The van der Waals surface area contributed by atoms with E-state index in [0.29, 0.717) is 0 Å². The molecule has 0 spiro atoms. The monoisotopic (exact) mass is 141 g/mol. The highest BCUT2D eigenvalue weighted by Gasteiger charge is 2.32. The van der Waals surface area contributed by atoms with Crippen molar-refractivity contribution in [3.8, 4) is 0 Å². The molecule has 2 fully saturated rings. The summed E-state index contributed by atoms with van der Waals surface area (Å²) >= 11 is 0. The molecule has 1 aliphatic carbocycles. The minimum atomic E-state index is -0.0700. The van der Waals surface area contributed by atoms with E-state index in [4.69, 9.17) is 0 Å². The van der Waals surface area contributed by atoms with Crippen LogP contribution in [-0.4, -0.2) is 23.8 Å². The fourth-order valence-corrected chi connectivity index (χ4v) is 2.31. The van der Waals surface area contributed by atoms with Gasteiger partial charge in [-0.1, -0.05) is 6.42 Å². The molecule has 2 rings (SSSR count). The lowest BCUT2D eigenvalue weighted by Gasteiger charge is -2.29. The number of piperidine rings is 1. The maximum absolute atomic E-state index is 9.29. The molecule has 1 aliphatic heterocycles. The van der Waals surface area contributed by atoms with Crippen LogP contribution in [-0.2, 0) is 0 Å². The number of nitrogens with one attached hydrogen (secondary N) is 1. The Morgan fingerprint density at radius 3 is 3.10 bits per heavy atom. The van der Waals surface area contributed by atoms with E-state index in [1.165, 1.54) is 19.3 Å². The van der Waals surface area contributed by atoms with Crippen LogP contribution in [0.4, 0.5) is 0 Å². The molecule has 0 aromatic heterocycles. The second kappa shape index (κ2) is 2.51. The highest BCUT2D eigenvalue weighted by Crippen LogP contribution is 2.31. The van der Waals surface area contributed by atoms with E-state index < -0.39 is 0 Å². The number of fused-ring (bicyclic) bond motifs is 1. The Balaban J connectivity index is 1.96. The first-order valence-electron chi connectivity index (χ1n) is 4.28. The zero-order valence-electron chi connectivity index (χ0n) is 6.21. The molecule has 0 bridgehead atoms. The van der Waals surface area contributed by atoms with Gasteiger partial charge in [0.25, 0.3) is 0 Å². The Labute approximate surface area is 61.6 Å². The number of aliphatic hydroxyl groups is 1. The quantitative estimate of drug-likeness (QED) is 0.515. The number of aliphatic hydroxyl groups excluding tert-OH is 1. The average molecular weight is 141 g/mol. The second-order valence-electron chi connectivity index (χ2n) is 3.60. The lowest BCUT2D eigenvalue weighted by Crippen LogP contribution is -2.44. The van der Waals surface area contributed by atoms with Crippen LogP contribution in [0.15, 0.2) is 0 Å². The van der Waals surface area contributed by atoms with Gasteiger partial charge in [0, 0.05) is 12.6 Å². The summed E-state index contributed by atoms with van der Waals surface area (Å²) in [5.74, 6) is 0.781. The van der Waals surface area contributed by atoms with Crippen LogP contribution in [0.1, 0.15) is 25.7 Å². The lowest BCUT2D eigenvalue weighted by molar-refractivity contribution is 0.100. The number of β-amino-alcohol motifs (C(OH)–C–C–N with tert-alkyl or cyclic N) is 1. The van der Waals surface area contributed by atoms with Crippen molar-refractivity contribution >= 4 is 0 Å². The number of rotatable bonds is 0. The van der Waals surface area contributed by atoms with Gasteiger partial charge in [-0.15, -0.1) is 0 Å². The maximum atomic E-state index is 9.29. The van der Waals surface area contributed by atoms with Gasteiger partial charge in [0.1, 0.15) is 0 Å². The van der Waals surface area contributed by atoms with Gasteiger partial charge >= 0.3 is 0 Å². The molecule has 0 aromatic carbocycles. The second-order valence-corrected chi connectivity index (χ2v) is 3.60. The summed E-state index contributed by atoms with van der Waals surface area (Å²) in [4.78, 5) is 0. The van der Waals surface area contributed by atoms with Crippen LogP contribution >= 0.6 is 0 Å². The number of hydrogen-bond donors (Lipinski definition) is 2. The Morgan fingerprint density at radius 2 is 2.20 bits per heavy atom. The smallest absolute Gasteiger partial charge is 0.0667 e. The standard InChI is InChI=1S/C8H15NO/c10-7-4-6-2-1-3-8(6)9-5-7/h6-10H,1-5H2/t6-,7+,8-/m1/s1. The van der Waals surface area contributed by atoms with E-state index in [-0.39, 0.29) is 6.10 Å². The summed E-state index contributed by atoms with van der Waals surface area (Å²) in [5.41, 5.74) is 0. The normalized spacial score (nSPS) is 47.1. The first-order chi connectivity index (χ1) is 4.86. The molecule has 3 atom stereocenters. The molecule has 2 N–H and O–H groups in total. The predicted molar refractivity (Wildman–Crippen MR) is 39.8 cm³/mol. The van der Waals surface area contributed by atoms with E-state index in [2.05, 4.69) is 5.32 Å². The van der Waals surface area contributed by atoms with E-state index in [0.717, 1.165) is 24.9 Å². The molecule has 10 heavy (non-hydrogen) atoms. The molecule has 1 saturated carbocycles. The fraction of sp³-hybridized carbons (Fsp3) is 1.00. The van der Waals surface area contributed by atoms with E-state index in [9.17, 15) is 5.11 Å². The van der Waals surface area contributed by atoms with Crippen molar-refractivity contribution in [1.82, 2.24) is 5.32 Å². The molecule has 2 nitrogen and oxygen atoms in total. The Hall–Kier alpha value is -0.0800. The molecule has 0 radical (unpaired) electrons. The summed E-state index contributed by atoms with van der Waals surface area (Å²) in [7, 11) is 0. The third-order valence-electron chi connectivity index (χ3n) is 2.85. The van der Waals surface area contributed by atoms with Crippen molar-refractivity contribution in [2.75, 3.05) is 6.54 Å². The first kappa shape index (κ1) is 6.62. The van der Waals surface area contributed by atoms with Crippen molar-refractivity contribution in [3.63, 3.8) is 0 Å². The molecule has 1 saturated heterocycles. The van der Waals surface area contributed by atoms with E-state index >= 15 is 0 Å². The summed E-state index contributed by atoms with van der Waals surface area (Å²) < 4.78 is 0. The van der Waals surface area contributed by atoms with Crippen molar-refractivity contribution < 1.29 is 5.11 Å². The van der Waals surface area contributed by atoms with Gasteiger partial charge < -0.3 is 10.4 Å². The van der Waals surface area contributed by atoms with E-state index in [1.807, 2.05) is 0 Å². The molecule has 2 heteroatoms. The SMILES string of the molecule is O[C@@H]1CN[C@@H]2CCC[C@@H]2C1. The summed E-state index contributed by atoms with van der Waals surface area (Å²) in [6.45, 7) is 0.821. The molecule has 0 unspecified atom stereocenters. The topological polar surface area (TPSA) is 32.3 Å². The van der Waals surface area contributed by atoms with Crippen LogP contribution in [0.5, 0.6) is 0 Å². The third-order valence-corrected chi connectivity index (χ3v) is 2.85. The van der Waals surface area contributed by atoms with Crippen LogP contribution in [0.3, 0.4) is 0 Å². The molecule has 2 aliphatic rings. The van der Waals surface area contributed by atoms with Gasteiger partial charge in [0.2, 0.25) is 0 Å². The fourth-order valence-electron chi connectivity index (χ4n) is 2.31. The van der Waals surface area contributed by atoms with Crippen molar-refractivity contribution in [3.05, 3.63) is 0 Å². The van der Waals surface area contributed by atoms with Crippen LogP contribution in [0.25, 0.3) is 0 Å². The van der Waals surface area contributed by atoms with Gasteiger partial charge in [0.05, 0.1) is 6.10 Å². The van der Waals surface area contributed by atoms with Crippen LogP contribution in [0.2, 0.25) is 0 Å². The van der Waals surface area contributed by atoms with Crippen molar-refractivity contribution in [2.45, 2.75) is 37.8 Å². The Kier molecular flexibility index (Phi) is 1.66. The first-order valence-corrected chi connectivity index (χ1v) is 4.28.